The van der Waals surface area contributed by atoms with Crippen LogP contribution in [0.4, 0.5) is 0 Å². The summed E-state index contributed by atoms with van der Waals surface area (Å²) in [6.07, 6.45) is 10.8. The molecule has 2 fully saturated rings. The van der Waals surface area contributed by atoms with Crippen LogP contribution in [0.15, 0.2) is 48.8 Å². The zero-order valence-electron chi connectivity index (χ0n) is 16.3. The number of aromatic nitrogens is 2. The molecule has 0 unspecified atom stereocenters. The standard InChI is InChI=1S/C24H27N3O/c1-2-8-22-21(7-1)25-17-27(22)20-9-10-23-18(15-20)16-24(28-23)11-4-13-26(14-12-24)19-5-3-6-19/h1-2,7-10,15,17,19H,3-6,11-14,16H2/t24-/m1/s1. The number of fused-ring (bicyclic) bond motifs is 2. The molecule has 3 aromatic rings. The molecule has 3 heterocycles. The van der Waals surface area contributed by atoms with E-state index in [1.54, 1.807) is 0 Å². The fourth-order valence-electron chi connectivity index (χ4n) is 5.32. The maximum atomic E-state index is 6.60. The van der Waals surface area contributed by atoms with Crippen molar-refractivity contribution in [3.05, 3.63) is 54.4 Å². The Bertz CT molecular complexity index is 1020. The van der Waals surface area contributed by atoms with Crippen molar-refractivity contribution in [2.24, 2.45) is 0 Å². The lowest BCUT2D eigenvalue weighted by molar-refractivity contribution is 0.0694. The number of rotatable bonds is 2. The summed E-state index contributed by atoms with van der Waals surface area (Å²) in [5.41, 5.74) is 4.73. The lowest BCUT2D eigenvalue weighted by atomic mass is 9.89. The lowest BCUT2D eigenvalue weighted by Gasteiger charge is -2.37. The number of benzene rings is 2. The Morgan fingerprint density at radius 3 is 2.82 bits per heavy atom. The second-order valence-corrected chi connectivity index (χ2v) is 8.83. The molecule has 28 heavy (non-hydrogen) atoms. The number of ether oxygens (including phenoxy) is 1. The van der Waals surface area contributed by atoms with Gasteiger partial charge in [-0.25, -0.2) is 4.98 Å². The van der Waals surface area contributed by atoms with Gasteiger partial charge in [-0.2, -0.15) is 0 Å². The molecule has 0 bridgehead atoms. The highest BCUT2D eigenvalue weighted by Gasteiger charge is 2.41. The molecule has 1 spiro atoms. The molecule has 1 aromatic heterocycles. The maximum Gasteiger partial charge on any atom is 0.123 e. The van der Waals surface area contributed by atoms with Crippen LogP contribution in [0.3, 0.4) is 0 Å². The number of para-hydroxylation sites is 2. The molecule has 1 saturated heterocycles. The number of nitrogens with zero attached hydrogens (tertiary/aromatic N) is 3. The van der Waals surface area contributed by atoms with Crippen molar-refractivity contribution >= 4 is 11.0 Å². The van der Waals surface area contributed by atoms with Crippen molar-refractivity contribution in [1.29, 1.82) is 0 Å². The topological polar surface area (TPSA) is 30.3 Å². The largest absolute Gasteiger partial charge is 0.487 e. The van der Waals surface area contributed by atoms with Gasteiger partial charge >= 0.3 is 0 Å². The van der Waals surface area contributed by atoms with Crippen LogP contribution < -0.4 is 4.74 Å². The van der Waals surface area contributed by atoms with Crippen LogP contribution in [0.2, 0.25) is 0 Å². The van der Waals surface area contributed by atoms with Crippen LogP contribution in [0.5, 0.6) is 5.75 Å². The average Bonchev–Trinajstić information content (AvgIpc) is 3.19. The van der Waals surface area contributed by atoms with E-state index in [2.05, 4.69) is 50.8 Å². The van der Waals surface area contributed by atoms with E-state index in [4.69, 9.17) is 4.74 Å². The van der Waals surface area contributed by atoms with Gasteiger partial charge in [-0.1, -0.05) is 18.6 Å². The second-order valence-electron chi connectivity index (χ2n) is 8.83. The van der Waals surface area contributed by atoms with Crippen molar-refractivity contribution in [1.82, 2.24) is 14.5 Å². The van der Waals surface area contributed by atoms with Crippen LogP contribution in [-0.4, -0.2) is 39.2 Å². The van der Waals surface area contributed by atoms with Gasteiger partial charge in [0.15, 0.2) is 0 Å². The van der Waals surface area contributed by atoms with Crippen LogP contribution in [0.25, 0.3) is 16.7 Å². The summed E-state index contributed by atoms with van der Waals surface area (Å²) in [6, 6.07) is 15.8. The van der Waals surface area contributed by atoms with Crippen molar-refractivity contribution in [3.63, 3.8) is 0 Å². The summed E-state index contributed by atoms with van der Waals surface area (Å²) < 4.78 is 8.79. The molecule has 1 atom stereocenters. The van der Waals surface area contributed by atoms with Crippen molar-refractivity contribution in [2.45, 2.75) is 56.6 Å². The van der Waals surface area contributed by atoms with Gasteiger partial charge in [0.25, 0.3) is 0 Å². The Morgan fingerprint density at radius 2 is 1.93 bits per heavy atom. The molecule has 2 aliphatic heterocycles. The second kappa shape index (κ2) is 6.35. The van der Waals surface area contributed by atoms with Crippen molar-refractivity contribution < 1.29 is 4.74 Å². The Morgan fingerprint density at radius 1 is 1.00 bits per heavy atom. The highest BCUT2D eigenvalue weighted by Crippen LogP contribution is 2.42. The highest BCUT2D eigenvalue weighted by atomic mass is 16.5. The van der Waals surface area contributed by atoms with Crippen molar-refractivity contribution in [3.8, 4) is 11.4 Å². The number of hydrogen-bond acceptors (Lipinski definition) is 3. The smallest absolute Gasteiger partial charge is 0.123 e. The molecule has 144 valence electrons. The van der Waals surface area contributed by atoms with E-state index in [0.29, 0.717) is 0 Å². The Hall–Kier alpha value is -2.33. The summed E-state index contributed by atoms with van der Waals surface area (Å²) in [6.45, 7) is 2.44. The molecule has 1 aliphatic carbocycles. The van der Waals surface area contributed by atoms with E-state index >= 15 is 0 Å². The van der Waals surface area contributed by atoms with E-state index in [0.717, 1.165) is 35.7 Å². The first-order chi connectivity index (χ1) is 13.8. The van der Waals surface area contributed by atoms with Gasteiger partial charge in [0.2, 0.25) is 0 Å². The van der Waals surface area contributed by atoms with Crippen LogP contribution in [-0.2, 0) is 6.42 Å². The summed E-state index contributed by atoms with van der Waals surface area (Å²) in [4.78, 5) is 7.28. The summed E-state index contributed by atoms with van der Waals surface area (Å²) in [5, 5.41) is 0. The molecule has 6 rings (SSSR count). The molecule has 0 N–H and O–H groups in total. The molecule has 4 nitrogen and oxygen atoms in total. The first-order valence-corrected chi connectivity index (χ1v) is 10.8. The van der Waals surface area contributed by atoms with Crippen LogP contribution in [0, 0.1) is 0 Å². The third-order valence-electron chi connectivity index (χ3n) is 7.14. The van der Waals surface area contributed by atoms with Gasteiger partial charge in [-0.05, 0) is 62.6 Å². The lowest BCUT2D eigenvalue weighted by Crippen LogP contribution is -2.42. The minimum atomic E-state index is 0.0104. The minimum Gasteiger partial charge on any atom is -0.487 e. The summed E-state index contributed by atoms with van der Waals surface area (Å²) >= 11 is 0. The molecule has 0 radical (unpaired) electrons. The van der Waals surface area contributed by atoms with Gasteiger partial charge in [0.1, 0.15) is 17.7 Å². The highest BCUT2D eigenvalue weighted by molar-refractivity contribution is 5.77. The predicted molar refractivity (Wildman–Crippen MR) is 111 cm³/mol. The Labute approximate surface area is 166 Å². The summed E-state index contributed by atoms with van der Waals surface area (Å²) in [7, 11) is 0. The van der Waals surface area contributed by atoms with Gasteiger partial charge in [0.05, 0.1) is 11.0 Å². The third-order valence-corrected chi connectivity index (χ3v) is 7.14. The van der Waals surface area contributed by atoms with E-state index in [1.807, 2.05) is 12.4 Å². The van der Waals surface area contributed by atoms with Crippen molar-refractivity contribution in [2.75, 3.05) is 13.1 Å². The van der Waals surface area contributed by atoms with Gasteiger partial charge in [-0.15, -0.1) is 0 Å². The number of hydrogen-bond donors (Lipinski definition) is 0. The van der Waals surface area contributed by atoms with E-state index in [-0.39, 0.29) is 5.60 Å². The molecular formula is C24H27N3O. The van der Waals surface area contributed by atoms with Gasteiger partial charge in [0, 0.05) is 36.7 Å². The van der Waals surface area contributed by atoms with Gasteiger partial charge in [-0.3, -0.25) is 4.57 Å². The molecule has 3 aliphatic rings. The fraction of sp³-hybridized carbons (Fsp3) is 0.458. The molecule has 0 amide bonds. The molecule has 1 saturated carbocycles. The zero-order valence-corrected chi connectivity index (χ0v) is 16.3. The van der Waals surface area contributed by atoms with Crippen LogP contribution >= 0.6 is 0 Å². The maximum absolute atomic E-state index is 6.60. The third kappa shape index (κ3) is 2.66. The Kier molecular flexibility index (Phi) is 3.76. The number of likely N-dealkylation sites (tertiary alicyclic amines) is 1. The molecule has 2 aromatic carbocycles. The monoisotopic (exact) mass is 373 g/mol. The zero-order chi connectivity index (χ0) is 18.6. The quantitative estimate of drug-likeness (QED) is 0.650. The SMILES string of the molecule is c1ccc2c(c1)ncn2-c1ccc2c(c1)C[C@]1(CCCN(C3CCC3)CC1)O2. The average molecular weight is 374 g/mol. The van der Waals surface area contributed by atoms with Crippen LogP contribution in [0.1, 0.15) is 44.1 Å². The summed E-state index contributed by atoms with van der Waals surface area (Å²) in [5.74, 6) is 1.09. The Balaban J connectivity index is 1.27. The number of imidazole rings is 1. The molecular weight excluding hydrogens is 346 g/mol. The van der Waals surface area contributed by atoms with Gasteiger partial charge < -0.3 is 9.64 Å². The predicted octanol–water partition coefficient (Wildman–Crippen LogP) is 4.74. The van der Waals surface area contributed by atoms with E-state index in [1.165, 1.54) is 56.4 Å². The first-order valence-electron chi connectivity index (χ1n) is 10.8. The minimum absolute atomic E-state index is 0.0104. The first kappa shape index (κ1) is 16.6. The van der Waals surface area contributed by atoms with E-state index < -0.39 is 0 Å². The normalized spacial score (nSPS) is 25.4. The fourth-order valence-corrected chi connectivity index (χ4v) is 5.32. The van der Waals surface area contributed by atoms with E-state index in [9.17, 15) is 0 Å². The molecule has 4 heteroatoms.